The van der Waals surface area contributed by atoms with Crippen molar-refractivity contribution in [2.24, 2.45) is 0 Å². The Morgan fingerprint density at radius 3 is 2.90 bits per heavy atom. The maximum Gasteiger partial charge on any atom is 0.261 e. The second-order valence-corrected chi connectivity index (χ2v) is 5.58. The molecule has 0 aliphatic heterocycles. The van der Waals surface area contributed by atoms with Gasteiger partial charge in [0.2, 0.25) is 0 Å². The van der Waals surface area contributed by atoms with Gasteiger partial charge in [0, 0.05) is 11.4 Å². The molecule has 5 nitrogen and oxygen atoms in total. The van der Waals surface area contributed by atoms with Gasteiger partial charge in [-0.25, -0.2) is 4.98 Å². The molecule has 112 valence electrons. The Labute approximate surface area is 128 Å². The Morgan fingerprint density at radius 2 is 2.19 bits per heavy atom. The molecule has 0 fully saturated rings. The highest BCUT2D eigenvalue weighted by Crippen LogP contribution is 2.22. The molecule has 0 bridgehead atoms. The standard InChI is InChI=1S/C15H19N3O2S/c1-3-8-16-10(2)12-9-21-15(17-12)18-14(20)11-6-4-5-7-13(11)19/h4-7,9-10,16,19H,3,8H2,1-2H3,(H,17,18,20). The summed E-state index contributed by atoms with van der Waals surface area (Å²) in [7, 11) is 0. The molecule has 3 N–H and O–H groups in total. The average Bonchev–Trinajstić information content (AvgIpc) is 2.93. The number of rotatable bonds is 6. The lowest BCUT2D eigenvalue weighted by molar-refractivity contribution is 0.102. The van der Waals surface area contributed by atoms with Gasteiger partial charge in [-0.05, 0) is 32.0 Å². The van der Waals surface area contributed by atoms with Crippen LogP contribution >= 0.6 is 11.3 Å². The average molecular weight is 305 g/mol. The van der Waals surface area contributed by atoms with Gasteiger partial charge in [-0.15, -0.1) is 11.3 Å². The van der Waals surface area contributed by atoms with Gasteiger partial charge in [0.15, 0.2) is 5.13 Å². The number of phenolic OH excluding ortho intramolecular Hbond substituents is 1. The molecule has 2 rings (SSSR count). The van der Waals surface area contributed by atoms with Crippen LogP contribution in [0.2, 0.25) is 0 Å². The van der Waals surface area contributed by atoms with Crippen LogP contribution in [0.25, 0.3) is 0 Å². The Hall–Kier alpha value is -1.92. The fourth-order valence-electron chi connectivity index (χ4n) is 1.84. The topological polar surface area (TPSA) is 74.2 Å². The molecule has 21 heavy (non-hydrogen) atoms. The van der Waals surface area contributed by atoms with E-state index in [-0.39, 0.29) is 23.3 Å². The van der Waals surface area contributed by atoms with Crippen molar-refractivity contribution < 1.29 is 9.90 Å². The summed E-state index contributed by atoms with van der Waals surface area (Å²) in [5, 5.41) is 18.2. The van der Waals surface area contributed by atoms with E-state index >= 15 is 0 Å². The minimum Gasteiger partial charge on any atom is -0.507 e. The highest BCUT2D eigenvalue weighted by molar-refractivity contribution is 7.14. The number of benzene rings is 1. The van der Waals surface area contributed by atoms with Crippen LogP contribution in [0.1, 0.15) is 42.4 Å². The van der Waals surface area contributed by atoms with Gasteiger partial charge in [0.1, 0.15) is 5.75 Å². The van der Waals surface area contributed by atoms with Crippen molar-refractivity contribution in [2.45, 2.75) is 26.3 Å². The first-order valence-electron chi connectivity index (χ1n) is 6.90. The van der Waals surface area contributed by atoms with Gasteiger partial charge in [-0.3, -0.25) is 10.1 Å². The van der Waals surface area contributed by atoms with Crippen LogP contribution < -0.4 is 10.6 Å². The number of anilines is 1. The predicted molar refractivity (Wildman–Crippen MR) is 84.9 cm³/mol. The molecular weight excluding hydrogens is 286 g/mol. The van der Waals surface area contributed by atoms with Crippen LogP contribution in [0.3, 0.4) is 0 Å². The number of carbonyl (C=O) groups is 1. The van der Waals surface area contributed by atoms with Gasteiger partial charge < -0.3 is 10.4 Å². The van der Waals surface area contributed by atoms with E-state index in [1.165, 1.54) is 17.4 Å². The maximum absolute atomic E-state index is 12.1. The summed E-state index contributed by atoms with van der Waals surface area (Å²) >= 11 is 1.38. The van der Waals surface area contributed by atoms with Gasteiger partial charge in [0.25, 0.3) is 5.91 Å². The third-order valence-electron chi connectivity index (χ3n) is 3.04. The van der Waals surface area contributed by atoms with Crippen LogP contribution in [-0.4, -0.2) is 22.5 Å². The fourth-order valence-corrected chi connectivity index (χ4v) is 2.64. The number of para-hydroxylation sites is 1. The summed E-state index contributed by atoms with van der Waals surface area (Å²) in [4.78, 5) is 16.5. The van der Waals surface area contributed by atoms with Gasteiger partial charge in [-0.1, -0.05) is 19.1 Å². The molecule has 0 saturated carbocycles. The van der Waals surface area contributed by atoms with E-state index < -0.39 is 0 Å². The Morgan fingerprint density at radius 1 is 1.43 bits per heavy atom. The number of nitrogens with zero attached hydrogens (tertiary/aromatic N) is 1. The fraction of sp³-hybridized carbons (Fsp3) is 0.333. The van der Waals surface area contributed by atoms with Crippen molar-refractivity contribution >= 4 is 22.4 Å². The number of aromatic nitrogens is 1. The summed E-state index contributed by atoms with van der Waals surface area (Å²) in [5.74, 6) is -0.395. The Kier molecular flexibility index (Phi) is 5.30. The van der Waals surface area contributed by atoms with Crippen LogP contribution in [0.5, 0.6) is 5.75 Å². The molecule has 1 unspecified atom stereocenters. The van der Waals surface area contributed by atoms with Crippen molar-refractivity contribution in [3.8, 4) is 5.75 Å². The van der Waals surface area contributed by atoms with Gasteiger partial charge in [0.05, 0.1) is 11.3 Å². The lowest BCUT2D eigenvalue weighted by atomic mass is 10.2. The summed E-state index contributed by atoms with van der Waals surface area (Å²) in [6.45, 7) is 5.08. The van der Waals surface area contributed by atoms with Crippen molar-refractivity contribution in [2.75, 3.05) is 11.9 Å². The second kappa shape index (κ2) is 7.19. The van der Waals surface area contributed by atoms with E-state index in [1.54, 1.807) is 18.2 Å². The largest absolute Gasteiger partial charge is 0.507 e. The smallest absolute Gasteiger partial charge is 0.261 e. The van der Waals surface area contributed by atoms with E-state index in [2.05, 4.69) is 22.5 Å². The van der Waals surface area contributed by atoms with Crippen molar-refractivity contribution in [1.29, 1.82) is 0 Å². The quantitative estimate of drug-likeness (QED) is 0.766. The Bertz CT molecular complexity index is 612. The summed E-state index contributed by atoms with van der Waals surface area (Å²) in [6, 6.07) is 6.59. The molecular formula is C15H19N3O2S. The number of phenols is 1. The van der Waals surface area contributed by atoms with Crippen LogP contribution in [-0.2, 0) is 0 Å². The molecule has 0 spiro atoms. The molecule has 1 heterocycles. The molecule has 0 radical (unpaired) electrons. The zero-order chi connectivity index (χ0) is 15.2. The van der Waals surface area contributed by atoms with Crippen LogP contribution in [0.15, 0.2) is 29.6 Å². The minimum absolute atomic E-state index is 0.0373. The van der Waals surface area contributed by atoms with E-state index in [1.807, 2.05) is 12.3 Å². The van der Waals surface area contributed by atoms with E-state index in [0.29, 0.717) is 5.13 Å². The van der Waals surface area contributed by atoms with E-state index in [0.717, 1.165) is 18.7 Å². The third-order valence-corrected chi connectivity index (χ3v) is 3.81. The van der Waals surface area contributed by atoms with Crippen LogP contribution in [0, 0.1) is 0 Å². The second-order valence-electron chi connectivity index (χ2n) is 4.72. The van der Waals surface area contributed by atoms with E-state index in [4.69, 9.17) is 0 Å². The molecule has 0 aliphatic carbocycles. The van der Waals surface area contributed by atoms with Crippen molar-refractivity contribution in [3.63, 3.8) is 0 Å². The molecule has 0 saturated heterocycles. The highest BCUT2D eigenvalue weighted by atomic mass is 32.1. The molecule has 6 heteroatoms. The highest BCUT2D eigenvalue weighted by Gasteiger charge is 2.14. The first kappa shape index (κ1) is 15.5. The van der Waals surface area contributed by atoms with Gasteiger partial charge in [-0.2, -0.15) is 0 Å². The number of carbonyl (C=O) groups excluding carboxylic acids is 1. The van der Waals surface area contributed by atoms with Crippen LogP contribution in [0.4, 0.5) is 5.13 Å². The zero-order valence-electron chi connectivity index (χ0n) is 12.1. The van der Waals surface area contributed by atoms with Crippen molar-refractivity contribution in [1.82, 2.24) is 10.3 Å². The number of nitrogens with one attached hydrogen (secondary N) is 2. The predicted octanol–water partition coefficient (Wildman–Crippen LogP) is 3.16. The zero-order valence-corrected chi connectivity index (χ0v) is 12.9. The monoisotopic (exact) mass is 305 g/mol. The molecule has 1 aromatic heterocycles. The number of thiazole rings is 1. The first-order valence-corrected chi connectivity index (χ1v) is 7.78. The molecule has 1 amide bonds. The summed E-state index contributed by atoms with van der Waals surface area (Å²) < 4.78 is 0. The number of hydrogen-bond acceptors (Lipinski definition) is 5. The molecule has 0 aliphatic rings. The minimum atomic E-state index is -0.358. The summed E-state index contributed by atoms with van der Waals surface area (Å²) in [5.41, 5.74) is 1.15. The third kappa shape index (κ3) is 4.03. The summed E-state index contributed by atoms with van der Waals surface area (Å²) in [6.07, 6.45) is 1.06. The lowest BCUT2D eigenvalue weighted by Gasteiger charge is -2.09. The SMILES string of the molecule is CCCNC(C)c1csc(NC(=O)c2ccccc2O)n1. The molecule has 1 aromatic carbocycles. The maximum atomic E-state index is 12.1. The number of hydrogen-bond donors (Lipinski definition) is 3. The van der Waals surface area contributed by atoms with Crippen molar-refractivity contribution in [3.05, 3.63) is 40.9 Å². The first-order chi connectivity index (χ1) is 10.1. The molecule has 2 aromatic rings. The van der Waals surface area contributed by atoms with Gasteiger partial charge >= 0.3 is 0 Å². The number of amides is 1. The Balaban J connectivity index is 2.02. The van der Waals surface area contributed by atoms with E-state index in [9.17, 15) is 9.90 Å². The number of aromatic hydroxyl groups is 1. The lowest BCUT2D eigenvalue weighted by Crippen LogP contribution is -2.19. The normalized spacial score (nSPS) is 12.1. The molecule has 1 atom stereocenters.